The molecule has 4 nitrogen and oxygen atoms in total. The summed E-state index contributed by atoms with van der Waals surface area (Å²) in [5.41, 5.74) is 0.232. The molecule has 0 aliphatic carbocycles. The molecule has 0 bridgehead atoms. The summed E-state index contributed by atoms with van der Waals surface area (Å²) < 4.78 is 22.4. The first-order chi connectivity index (χ1) is 6.70. The van der Waals surface area contributed by atoms with Gasteiger partial charge >= 0.3 is 0 Å². The predicted molar refractivity (Wildman–Crippen MR) is 60.5 cm³/mol. The number of sulfone groups is 1. The second kappa shape index (κ2) is 4.39. The van der Waals surface area contributed by atoms with Gasteiger partial charge in [-0.25, -0.2) is 8.42 Å². The van der Waals surface area contributed by atoms with Crippen LogP contribution < -0.4 is 5.32 Å². The van der Waals surface area contributed by atoms with E-state index in [9.17, 15) is 13.5 Å². The Morgan fingerprint density at radius 3 is 2.33 bits per heavy atom. The van der Waals surface area contributed by atoms with E-state index in [0.29, 0.717) is 0 Å². The van der Waals surface area contributed by atoms with Gasteiger partial charge in [-0.2, -0.15) is 0 Å². The van der Waals surface area contributed by atoms with Crippen molar-refractivity contribution in [3.8, 4) is 0 Å². The topological polar surface area (TPSA) is 66.4 Å². The third-order valence-corrected chi connectivity index (χ3v) is 4.32. The van der Waals surface area contributed by atoms with E-state index >= 15 is 0 Å². The highest BCUT2D eigenvalue weighted by molar-refractivity contribution is 7.91. The van der Waals surface area contributed by atoms with Gasteiger partial charge in [0.05, 0.1) is 17.6 Å². The summed E-state index contributed by atoms with van der Waals surface area (Å²) in [6.07, 6.45) is 0.228. The van der Waals surface area contributed by atoms with Crippen molar-refractivity contribution in [2.24, 2.45) is 5.41 Å². The van der Waals surface area contributed by atoms with Gasteiger partial charge in [-0.1, -0.05) is 20.8 Å². The first kappa shape index (κ1) is 12.9. The Hall–Kier alpha value is -0.130. The molecule has 0 spiro atoms. The number of hydrogen-bond donors (Lipinski definition) is 2. The van der Waals surface area contributed by atoms with Crippen molar-refractivity contribution in [2.45, 2.75) is 39.3 Å². The van der Waals surface area contributed by atoms with Gasteiger partial charge in [0.2, 0.25) is 0 Å². The molecule has 2 N–H and O–H groups in total. The van der Waals surface area contributed by atoms with Crippen molar-refractivity contribution >= 4 is 9.84 Å². The lowest BCUT2D eigenvalue weighted by Gasteiger charge is -2.21. The monoisotopic (exact) mass is 235 g/mol. The Morgan fingerprint density at radius 1 is 1.33 bits per heavy atom. The van der Waals surface area contributed by atoms with E-state index in [0.717, 1.165) is 13.0 Å². The van der Waals surface area contributed by atoms with Gasteiger partial charge < -0.3 is 10.4 Å². The Bertz CT molecular complexity index is 305. The molecule has 1 saturated heterocycles. The smallest absolute Gasteiger partial charge is 0.154 e. The average molecular weight is 235 g/mol. The summed E-state index contributed by atoms with van der Waals surface area (Å²) in [5.74, 6) is -0.0293. The van der Waals surface area contributed by atoms with Crippen LogP contribution in [0.4, 0.5) is 0 Å². The van der Waals surface area contributed by atoms with Crippen LogP contribution in [0.25, 0.3) is 0 Å². The molecule has 1 heterocycles. The molecular formula is C10H21NO3S. The molecule has 2 unspecified atom stereocenters. The lowest BCUT2D eigenvalue weighted by molar-refractivity contribution is 0.163. The first-order valence-electron chi connectivity index (χ1n) is 5.31. The lowest BCUT2D eigenvalue weighted by Crippen LogP contribution is -2.40. The molecule has 0 radical (unpaired) electrons. The minimum Gasteiger partial charge on any atom is -0.390 e. The number of rotatable bonds is 3. The maximum absolute atomic E-state index is 11.2. The van der Waals surface area contributed by atoms with Crippen molar-refractivity contribution in [1.82, 2.24) is 5.32 Å². The minimum atomic E-state index is -3.02. The minimum absolute atomic E-state index is 0.0678. The molecule has 0 saturated carbocycles. The number of hydrogen-bond acceptors (Lipinski definition) is 4. The van der Waals surface area contributed by atoms with Crippen LogP contribution >= 0.6 is 0 Å². The van der Waals surface area contributed by atoms with Gasteiger partial charge in [0.15, 0.2) is 9.84 Å². The van der Waals surface area contributed by atoms with E-state index < -0.39 is 15.9 Å². The molecule has 0 amide bonds. The molecular weight excluding hydrogens is 214 g/mol. The van der Waals surface area contributed by atoms with Crippen LogP contribution in [0.3, 0.4) is 0 Å². The summed E-state index contributed by atoms with van der Waals surface area (Å²) in [4.78, 5) is 0. The second-order valence-corrected chi connectivity index (χ2v) is 7.67. The van der Waals surface area contributed by atoms with Crippen molar-refractivity contribution in [3.63, 3.8) is 0 Å². The molecule has 90 valence electrons. The molecule has 1 fully saturated rings. The van der Waals surface area contributed by atoms with Crippen LogP contribution in [0, 0.1) is 5.41 Å². The normalized spacial score (nSPS) is 30.7. The van der Waals surface area contributed by atoms with Gasteiger partial charge in [-0.3, -0.25) is 0 Å². The summed E-state index contributed by atoms with van der Waals surface area (Å²) in [6, 6.07) is -0.280. The Morgan fingerprint density at radius 2 is 1.93 bits per heavy atom. The van der Waals surface area contributed by atoms with Gasteiger partial charge in [-0.05, 0) is 18.4 Å². The average Bonchev–Trinajstić information content (AvgIpc) is 2.22. The number of nitrogens with one attached hydrogen (secondary N) is 1. The molecule has 0 aromatic carbocycles. The van der Waals surface area contributed by atoms with Gasteiger partial charge in [0, 0.05) is 6.04 Å². The van der Waals surface area contributed by atoms with Crippen LogP contribution in [0.1, 0.15) is 27.2 Å². The molecule has 0 aromatic rings. The maximum atomic E-state index is 11.2. The van der Waals surface area contributed by atoms with Crippen LogP contribution in [0.15, 0.2) is 0 Å². The van der Waals surface area contributed by atoms with E-state index in [1.165, 1.54) is 0 Å². The van der Waals surface area contributed by atoms with Crippen molar-refractivity contribution in [1.29, 1.82) is 0 Å². The Kier molecular flexibility index (Phi) is 3.79. The van der Waals surface area contributed by atoms with Crippen LogP contribution in [0.5, 0.6) is 0 Å². The van der Waals surface area contributed by atoms with E-state index in [1.807, 2.05) is 0 Å². The zero-order chi connectivity index (χ0) is 11.7. The zero-order valence-corrected chi connectivity index (χ0v) is 10.5. The predicted octanol–water partition coefficient (Wildman–Crippen LogP) is 0.170. The third-order valence-electron chi connectivity index (χ3n) is 2.60. The van der Waals surface area contributed by atoms with E-state index in [-0.39, 0.29) is 23.0 Å². The van der Waals surface area contributed by atoms with Crippen molar-refractivity contribution in [2.75, 3.05) is 18.1 Å². The Labute approximate surface area is 92.0 Å². The standard InChI is InChI=1S/C10H21NO3S/c1-10(2,3)4-5-11-8-6-15(13,14)7-9(8)12/h8-9,11-12H,4-7H2,1-3H3. The van der Waals surface area contributed by atoms with Crippen molar-refractivity contribution in [3.05, 3.63) is 0 Å². The largest absolute Gasteiger partial charge is 0.390 e. The lowest BCUT2D eigenvalue weighted by atomic mass is 9.92. The molecule has 15 heavy (non-hydrogen) atoms. The molecule has 1 aliphatic heterocycles. The van der Waals surface area contributed by atoms with Crippen molar-refractivity contribution < 1.29 is 13.5 Å². The zero-order valence-electron chi connectivity index (χ0n) is 9.66. The van der Waals surface area contributed by atoms with Gasteiger partial charge in [0.25, 0.3) is 0 Å². The second-order valence-electron chi connectivity index (χ2n) is 5.52. The molecule has 5 heteroatoms. The fourth-order valence-corrected chi connectivity index (χ4v) is 3.43. The highest BCUT2D eigenvalue weighted by Crippen LogP contribution is 2.18. The number of aliphatic hydroxyl groups excluding tert-OH is 1. The fourth-order valence-electron chi connectivity index (χ4n) is 1.66. The van der Waals surface area contributed by atoms with E-state index in [2.05, 4.69) is 26.1 Å². The van der Waals surface area contributed by atoms with Crippen LogP contribution in [-0.4, -0.2) is 43.7 Å². The number of aliphatic hydroxyl groups is 1. The SMILES string of the molecule is CC(C)(C)CCNC1CS(=O)(=O)CC1O. The third kappa shape index (κ3) is 4.49. The van der Waals surface area contributed by atoms with Gasteiger partial charge in [-0.15, -0.1) is 0 Å². The highest BCUT2D eigenvalue weighted by atomic mass is 32.2. The summed E-state index contributed by atoms with van der Waals surface area (Å²) >= 11 is 0. The summed E-state index contributed by atoms with van der Waals surface area (Å²) in [6.45, 7) is 7.16. The summed E-state index contributed by atoms with van der Waals surface area (Å²) in [5, 5.41) is 12.6. The highest BCUT2D eigenvalue weighted by Gasteiger charge is 2.35. The van der Waals surface area contributed by atoms with Crippen LogP contribution in [0.2, 0.25) is 0 Å². The molecule has 1 rings (SSSR count). The van der Waals surface area contributed by atoms with Gasteiger partial charge in [0.1, 0.15) is 0 Å². The summed E-state index contributed by atoms with van der Waals surface area (Å²) in [7, 11) is -3.02. The molecule has 2 atom stereocenters. The van der Waals surface area contributed by atoms with E-state index in [4.69, 9.17) is 0 Å². The van der Waals surface area contributed by atoms with Crippen LogP contribution in [-0.2, 0) is 9.84 Å². The Balaban J connectivity index is 2.35. The quantitative estimate of drug-likeness (QED) is 0.732. The molecule has 0 aromatic heterocycles. The first-order valence-corrected chi connectivity index (χ1v) is 7.14. The fraction of sp³-hybridized carbons (Fsp3) is 1.00. The molecule has 1 aliphatic rings. The van der Waals surface area contributed by atoms with E-state index in [1.54, 1.807) is 0 Å². The maximum Gasteiger partial charge on any atom is 0.154 e.